The van der Waals surface area contributed by atoms with Crippen LogP contribution in [0.1, 0.15) is 12.5 Å². The molecule has 0 aliphatic rings. The molecule has 0 heterocycles. The van der Waals surface area contributed by atoms with E-state index in [0.29, 0.717) is 6.54 Å². The topological polar surface area (TPSA) is 75.8 Å². The Morgan fingerprint density at radius 3 is 2.72 bits per heavy atom. The quantitative estimate of drug-likeness (QED) is 0.766. The largest absolute Gasteiger partial charge is 0.496 e. The van der Waals surface area contributed by atoms with Gasteiger partial charge in [-0.25, -0.2) is 0 Å². The van der Waals surface area contributed by atoms with Crippen molar-refractivity contribution in [3.05, 3.63) is 29.8 Å². The summed E-state index contributed by atoms with van der Waals surface area (Å²) in [5, 5.41) is 9.01. The summed E-state index contributed by atoms with van der Waals surface area (Å²) in [5.74, 6) is 0.535. The third-order valence-electron chi connectivity index (χ3n) is 2.62. The Hall–Kier alpha value is -1.59. The van der Waals surface area contributed by atoms with Gasteiger partial charge < -0.3 is 20.5 Å². The Morgan fingerprint density at radius 1 is 1.50 bits per heavy atom. The third kappa shape index (κ3) is 3.72. The minimum Gasteiger partial charge on any atom is -0.496 e. The highest BCUT2D eigenvalue weighted by molar-refractivity contribution is 5.81. The lowest BCUT2D eigenvalue weighted by Crippen LogP contribution is -2.43. The van der Waals surface area contributed by atoms with E-state index in [1.165, 1.54) is 4.90 Å². The zero-order valence-electron chi connectivity index (χ0n) is 10.8. The van der Waals surface area contributed by atoms with Gasteiger partial charge in [-0.05, 0) is 13.0 Å². The molecule has 1 rings (SSSR count). The molecule has 1 aromatic carbocycles. The number of carbonyl (C=O) groups is 1. The third-order valence-corrected chi connectivity index (χ3v) is 2.62. The lowest BCUT2D eigenvalue weighted by molar-refractivity contribution is -0.133. The summed E-state index contributed by atoms with van der Waals surface area (Å²) in [4.78, 5) is 13.4. The Morgan fingerprint density at radius 2 is 2.17 bits per heavy atom. The molecule has 3 N–H and O–H groups in total. The predicted octanol–water partition coefficient (Wildman–Crippen LogP) is 0.363. The van der Waals surface area contributed by atoms with Crippen LogP contribution in [0, 0.1) is 0 Å². The van der Waals surface area contributed by atoms with E-state index in [9.17, 15) is 4.79 Å². The summed E-state index contributed by atoms with van der Waals surface area (Å²) in [6, 6.07) is 6.89. The van der Waals surface area contributed by atoms with E-state index < -0.39 is 6.04 Å². The molecule has 5 nitrogen and oxygen atoms in total. The first-order valence-corrected chi connectivity index (χ1v) is 5.87. The van der Waals surface area contributed by atoms with Crippen molar-refractivity contribution in [2.45, 2.75) is 19.5 Å². The maximum Gasteiger partial charge on any atom is 0.239 e. The molecule has 5 heteroatoms. The number of rotatable bonds is 6. The van der Waals surface area contributed by atoms with Gasteiger partial charge in [0.2, 0.25) is 5.91 Å². The predicted molar refractivity (Wildman–Crippen MR) is 69.1 cm³/mol. The van der Waals surface area contributed by atoms with Crippen LogP contribution in [-0.4, -0.2) is 42.2 Å². The van der Waals surface area contributed by atoms with E-state index in [2.05, 4.69) is 0 Å². The average molecular weight is 252 g/mol. The van der Waals surface area contributed by atoms with Crippen LogP contribution < -0.4 is 10.5 Å². The summed E-state index contributed by atoms with van der Waals surface area (Å²) < 4.78 is 5.23. The van der Waals surface area contributed by atoms with Crippen LogP contribution in [0.4, 0.5) is 0 Å². The smallest absolute Gasteiger partial charge is 0.239 e. The Balaban J connectivity index is 2.86. The first-order chi connectivity index (χ1) is 8.60. The monoisotopic (exact) mass is 252 g/mol. The highest BCUT2D eigenvalue weighted by Gasteiger charge is 2.18. The van der Waals surface area contributed by atoms with Crippen molar-refractivity contribution in [1.29, 1.82) is 0 Å². The van der Waals surface area contributed by atoms with Gasteiger partial charge in [0, 0.05) is 18.7 Å². The molecule has 1 amide bonds. The summed E-state index contributed by atoms with van der Waals surface area (Å²) in [5.41, 5.74) is 6.48. The van der Waals surface area contributed by atoms with Gasteiger partial charge in [0.15, 0.2) is 0 Å². The van der Waals surface area contributed by atoms with Crippen LogP contribution in [0.5, 0.6) is 5.75 Å². The van der Waals surface area contributed by atoms with E-state index in [1.807, 2.05) is 24.3 Å². The second kappa shape index (κ2) is 6.98. The minimum atomic E-state index is -0.578. The highest BCUT2D eigenvalue weighted by atomic mass is 16.5. The minimum absolute atomic E-state index is 0.0897. The van der Waals surface area contributed by atoms with Gasteiger partial charge >= 0.3 is 0 Å². The fourth-order valence-electron chi connectivity index (χ4n) is 1.72. The molecule has 100 valence electrons. The van der Waals surface area contributed by atoms with Gasteiger partial charge in [-0.3, -0.25) is 4.79 Å². The number of nitrogens with zero attached hydrogens (tertiary/aromatic N) is 1. The molecule has 1 unspecified atom stereocenters. The standard InChI is InChI=1S/C13H20N2O3/c1-10(14)13(17)15(7-8-16)9-11-5-3-4-6-12(11)18-2/h3-6,10,16H,7-9,14H2,1-2H3. The fraction of sp³-hybridized carbons (Fsp3) is 0.462. The summed E-state index contributed by atoms with van der Waals surface area (Å²) in [6.45, 7) is 2.19. The number of amides is 1. The van der Waals surface area contributed by atoms with Crippen molar-refractivity contribution in [2.24, 2.45) is 5.73 Å². The van der Waals surface area contributed by atoms with E-state index in [-0.39, 0.29) is 19.1 Å². The normalized spacial score (nSPS) is 12.0. The van der Waals surface area contributed by atoms with Crippen LogP contribution in [0.15, 0.2) is 24.3 Å². The Bertz CT molecular complexity index is 394. The van der Waals surface area contributed by atoms with Crippen molar-refractivity contribution < 1.29 is 14.6 Å². The molecule has 0 radical (unpaired) electrons. The van der Waals surface area contributed by atoms with E-state index in [4.69, 9.17) is 15.6 Å². The van der Waals surface area contributed by atoms with Gasteiger partial charge in [0.1, 0.15) is 5.75 Å². The maximum atomic E-state index is 11.9. The van der Waals surface area contributed by atoms with Crippen molar-refractivity contribution in [1.82, 2.24) is 4.90 Å². The second-order valence-electron chi connectivity index (χ2n) is 4.08. The molecule has 1 atom stereocenters. The van der Waals surface area contributed by atoms with E-state index in [0.717, 1.165) is 11.3 Å². The van der Waals surface area contributed by atoms with Gasteiger partial charge in [-0.2, -0.15) is 0 Å². The van der Waals surface area contributed by atoms with E-state index >= 15 is 0 Å². The molecule has 0 bridgehead atoms. The number of para-hydroxylation sites is 1. The Kier molecular flexibility index (Phi) is 5.61. The first-order valence-electron chi connectivity index (χ1n) is 5.87. The summed E-state index contributed by atoms with van der Waals surface area (Å²) in [6.07, 6.45) is 0. The van der Waals surface area contributed by atoms with Crippen LogP contribution in [-0.2, 0) is 11.3 Å². The lowest BCUT2D eigenvalue weighted by Gasteiger charge is -2.24. The van der Waals surface area contributed by atoms with Crippen LogP contribution in [0.3, 0.4) is 0 Å². The molecule has 0 fully saturated rings. The Labute approximate surface area is 107 Å². The number of nitrogens with two attached hydrogens (primary N) is 1. The molecular formula is C13H20N2O3. The molecule has 0 saturated heterocycles. The number of carbonyl (C=O) groups excluding carboxylic acids is 1. The molecular weight excluding hydrogens is 232 g/mol. The number of benzene rings is 1. The molecule has 0 aliphatic heterocycles. The van der Waals surface area contributed by atoms with Crippen molar-refractivity contribution in [2.75, 3.05) is 20.3 Å². The number of hydrogen-bond acceptors (Lipinski definition) is 4. The van der Waals surface area contributed by atoms with Crippen LogP contribution >= 0.6 is 0 Å². The van der Waals surface area contributed by atoms with Crippen LogP contribution in [0.25, 0.3) is 0 Å². The number of aliphatic hydroxyl groups excluding tert-OH is 1. The van der Waals surface area contributed by atoms with Gasteiger partial charge in [0.05, 0.1) is 19.8 Å². The van der Waals surface area contributed by atoms with Gasteiger partial charge in [-0.15, -0.1) is 0 Å². The lowest BCUT2D eigenvalue weighted by atomic mass is 10.1. The fourth-order valence-corrected chi connectivity index (χ4v) is 1.72. The number of ether oxygens (including phenoxy) is 1. The maximum absolute atomic E-state index is 11.9. The molecule has 0 aromatic heterocycles. The van der Waals surface area contributed by atoms with Gasteiger partial charge in [0.25, 0.3) is 0 Å². The molecule has 1 aromatic rings. The number of hydrogen-bond donors (Lipinski definition) is 2. The molecule has 0 spiro atoms. The highest BCUT2D eigenvalue weighted by Crippen LogP contribution is 2.19. The van der Waals surface area contributed by atoms with Crippen LogP contribution in [0.2, 0.25) is 0 Å². The summed E-state index contributed by atoms with van der Waals surface area (Å²) >= 11 is 0. The zero-order chi connectivity index (χ0) is 13.5. The number of aliphatic hydroxyl groups is 1. The first kappa shape index (κ1) is 14.5. The molecule has 0 saturated carbocycles. The molecule has 0 aliphatic carbocycles. The average Bonchev–Trinajstić information content (AvgIpc) is 2.37. The van der Waals surface area contributed by atoms with E-state index in [1.54, 1.807) is 14.0 Å². The summed E-state index contributed by atoms with van der Waals surface area (Å²) in [7, 11) is 1.59. The zero-order valence-corrected chi connectivity index (χ0v) is 10.8. The second-order valence-corrected chi connectivity index (χ2v) is 4.08. The molecule has 18 heavy (non-hydrogen) atoms. The van der Waals surface area contributed by atoms with Crippen molar-refractivity contribution >= 4 is 5.91 Å². The van der Waals surface area contributed by atoms with Crippen molar-refractivity contribution in [3.63, 3.8) is 0 Å². The van der Waals surface area contributed by atoms with Gasteiger partial charge in [-0.1, -0.05) is 18.2 Å². The number of methoxy groups -OCH3 is 1. The van der Waals surface area contributed by atoms with Crippen molar-refractivity contribution in [3.8, 4) is 5.75 Å². The SMILES string of the molecule is COc1ccccc1CN(CCO)C(=O)C(C)N.